The van der Waals surface area contributed by atoms with Crippen molar-refractivity contribution in [3.8, 4) is 0 Å². The summed E-state index contributed by atoms with van der Waals surface area (Å²) in [5.74, 6) is -5.42. The zero-order valence-electron chi connectivity index (χ0n) is 7.46. The number of Topliss-reactive ketones (excluding diaryl/α,β-unsaturated/α-hetero) is 1. The van der Waals surface area contributed by atoms with Gasteiger partial charge in [-0.1, -0.05) is 0 Å². The van der Waals surface area contributed by atoms with Crippen LogP contribution in [0.15, 0.2) is 0 Å². The van der Waals surface area contributed by atoms with Crippen molar-refractivity contribution in [3.05, 3.63) is 0 Å². The summed E-state index contributed by atoms with van der Waals surface area (Å²) in [6.07, 6.45) is -20.0. The quantitative estimate of drug-likeness (QED) is 0.450. The number of alkyl halides is 8. The molecule has 0 saturated heterocycles. The molecule has 0 aromatic rings. The van der Waals surface area contributed by atoms with Crippen LogP contribution in [0.3, 0.4) is 0 Å². The lowest BCUT2D eigenvalue weighted by Gasteiger charge is -2.18. The normalized spacial score (nSPS) is 13.4. The molecule has 3 nitrogen and oxygen atoms in total. The van der Waals surface area contributed by atoms with Crippen molar-refractivity contribution in [2.75, 3.05) is 0 Å². The summed E-state index contributed by atoms with van der Waals surface area (Å²) in [5.41, 5.74) is 0. The Bertz CT molecular complexity index is 314. The lowest BCUT2D eigenvalue weighted by atomic mass is 10.3. The van der Waals surface area contributed by atoms with Crippen molar-refractivity contribution in [1.29, 1.82) is 0 Å². The molecule has 0 bridgehead atoms. The average Bonchev–Trinajstić information content (AvgIpc) is 1.97. The van der Waals surface area contributed by atoms with E-state index in [1.807, 2.05) is 0 Å². The van der Waals surface area contributed by atoms with Crippen LogP contribution in [0.1, 0.15) is 6.42 Å². The van der Waals surface area contributed by atoms with Gasteiger partial charge in [-0.05, 0) is 0 Å². The van der Waals surface area contributed by atoms with Crippen molar-refractivity contribution in [2.45, 2.75) is 24.9 Å². The Labute approximate surface area is 87.3 Å². The fourth-order valence-corrected chi connectivity index (χ4v) is 0.468. The van der Waals surface area contributed by atoms with Crippen molar-refractivity contribution < 1.29 is 49.4 Å². The minimum absolute atomic E-state index is 2.25. The van der Waals surface area contributed by atoms with Crippen molar-refractivity contribution in [2.24, 2.45) is 0 Å². The monoisotopic (exact) mass is 274 g/mol. The van der Waals surface area contributed by atoms with E-state index in [0.29, 0.717) is 0 Å². The van der Waals surface area contributed by atoms with E-state index >= 15 is 0 Å². The van der Waals surface area contributed by atoms with E-state index in [9.17, 15) is 44.7 Å². The first-order valence-corrected chi connectivity index (χ1v) is 3.54. The number of esters is 1. The third-order valence-corrected chi connectivity index (χ3v) is 1.19. The van der Waals surface area contributed by atoms with E-state index in [-0.39, 0.29) is 0 Å². The number of ketones is 1. The molecular weight excluding hydrogens is 272 g/mol. The van der Waals surface area contributed by atoms with E-state index in [0.717, 1.165) is 0 Å². The first-order chi connectivity index (χ1) is 7.27. The molecule has 0 saturated carbocycles. The van der Waals surface area contributed by atoms with Gasteiger partial charge >= 0.3 is 24.4 Å². The molecule has 0 aromatic carbocycles. The molecule has 0 rings (SSSR count). The highest BCUT2D eigenvalue weighted by Crippen LogP contribution is 2.36. The van der Waals surface area contributed by atoms with Gasteiger partial charge < -0.3 is 4.74 Å². The highest BCUT2D eigenvalue weighted by atomic mass is 19.4. The molecule has 0 heterocycles. The van der Waals surface area contributed by atoms with Crippen LogP contribution < -0.4 is 0 Å². The molecule has 100 valence electrons. The highest BCUT2D eigenvalue weighted by molar-refractivity contribution is 5.98. The first-order valence-electron chi connectivity index (χ1n) is 3.54. The van der Waals surface area contributed by atoms with Crippen molar-refractivity contribution in [1.82, 2.24) is 0 Å². The van der Waals surface area contributed by atoms with Gasteiger partial charge in [0.05, 0.1) is 0 Å². The van der Waals surface area contributed by atoms with Crippen LogP contribution in [0.2, 0.25) is 0 Å². The maximum atomic E-state index is 12.0. The molecule has 0 spiro atoms. The van der Waals surface area contributed by atoms with Gasteiger partial charge in [-0.15, -0.1) is 0 Å². The molecule has 0 fully saturated rings. The summed E-state index contributed by atoms with van der Waals surface area (Å²) < 4.78 is 95.2. The fraction of sp³-hybridized carbons (Fsp3) is 0.667. The molecule has 0 amide bonds. The van der Waals surface area contributed by atoms with E-state index in [1.165, 1.54) is 0 Å². The van der Waals surface area contributed by atoms with Crippen molar-refractivity contribution in [3.63, 3.8) is 0 Å². The molecule has 0 aliphatic carbocycles. The topological polar surface area (TPSA) is 43.4 Å². The van der Waals surface area contributed by atoms with Gasteiger partial charge in [0.2, 0.25) is 5.78 Å². The van der Waals surface area contributed by atoms with Gasteiger partial charge in [-0.25, -0.2) is 0 Å². The maximum absolute atomic E-state index is 12.0. The molecule has 0 atom stereocenters. The summed E-state index contributed by atoms with van der Waals surface area (Å²) in [6, 6.07) is 0. The fourth-order valence-electron chi connectivity index (χ4n) is 0.468. The number of carbonyl (C=O) groups excluding carboxylic acids is 2. The van der Waals surface area contributed by atoms with E-state index in [1.54, 1.807) is 0 Å². The Morgan fingerprint density at radius 3 is 1.59 bits per heavy atom. The molecule has 0 radical (unpaired) electrons. The molecule has 0 aromatic heterocycles. The predicted octanol–water partition coefficient (Wildman–Crippen LogP) is 2.21. The van der Waals surface area contributed by atoms with Gasteiger partial charge in [0, 0.05) is 0 Å². The Hall–Kier alpha value is -1.42. The third kappa shape index (κ3) is 4.53. The molecule has 0 N–H and O–H groups in total. The summed E-state index contributed by atoms with van der Waals surface area (Å²) in [5, 5.41) is 0. The van der Waals surface area contributed by atoms with Gasteiger partial charge in [-0.3, -0.25) is 9.59 Å². The largest absolute Gasteiger partial charge is 0.501 e. The minimum Gasteiger partial charge on any atom is -0.394 e. The van der Waals surface area contributed by atoms with Crippen LogP contribution in [-0.4, -0.2) is 30.2 Å². The summed E-state index contributed by atoms with van der Waals surface area (Å²) >= 11 is 0. The molecule has 17 heavy (non-hydrogen) atoms. The van der Waals surface area contributed by atoms with Crippen molar-refractivity contribution >= 4 is 11.8 Å². The van der Waals surface area contributed by atoms with E-state index < -0.39 is 36.6 Å². The molecule has 11 heteroatoms. The second kappa shape index (κ2) is 4.45. The van der Waals surface area contributed by atoms with Gasteiger partial charge in [0.15, 0.2) is 0 Å². The lowest BCUT2D eigenvalue weighted by Crippen LogP contribution is -2.41. The number of halogens is 8. The van der Waals surface area contributed by atoms with Crippen LogP contribution in [-0.2, 0) is 14.3 Å². The zero-order valence-corrected chi connectivity index (χ0v) is 7.46. The first kappa shape index (κ1) is 15.6. The second-order valence-corrected chi connectivity index (χ2v) is 2.59. The summed E-state index contributed by atoms with van der Waals surface area (Å²) in [6.45, 7) is 0. The number of carbonyl (C=O) groups is 2. The Morgan fingerprint density at radius 1 is 0.882 bits per heavy atom. The number of rotatable bonds is 3. The Balaban J connectivity index is 4.54. The molecular formula is C6H2F8O3. The standard InChI is InChI=1S/C6H2F8O3/c7-4(8,9)2(15)1-3(16)17-6(13,14)5(10,11)12/h1H2. The lowest BCUT2D eigenvalue weighted by molar-refractivity contribution is -0.376. The maximum Gasteiger partial charge on any atom is 0.501 e. The van der Waals surface area contributed by atoms with Crippen LogP contribution in [0.4, 0.5) is 35.1 Å². The van der Waals surface area contributed by atoms with Gasteiger partial charge in [-0.2, -0.15) is 35.1 Å². The van der Waals surface area contributed by atoms with E-state index in [4.69, 9.17) is 0 Å². The highest BCUT2D eigenvalue weighted by Gasteiger charge is 2.62. The van der Waals surface area contributed by atoms with Crippen LogP contribution >= 0.6 is 0 Å². The SMILES string of the molecule is O=C(CC(=O)C(F)(F)F)OC(F)(F)C(F)(F)F. The minimum atomic E-state index is -6.27. The second-order valence-electron chi connectivity index (χ2n) is 2.59. The summed E-state index contributed by atoms with van der Waals surface area (Å²) in [7, 11) is 0. The molecule has 0 aliphatic rings. The molecule has 0 unspecified atom stereocenters. The average molecular weight is 274 g/mol. The van der Waals surface area contributed by atoms with Crippen LogP contribution in [0, 0.1) is 0 Å². The smallest absolute Gasteiger partial charge is 0.394 e. The van der Waals surface area contributed by atoms with Gasteiger partial charge in [0.25, 0.3) is 0 Å². The summed E-state index contributed by atoms with van der Waals surface area (Å²) in [4.78, 5) is 20.3. The third-order valence-electron chi connectivity index (χ3n) is 1.19. The Morgan fingerprint density at radius 2 is 1.29 bits per heavy atom. The van der Waals surface area contributed by atoms with Crippen LogP contribution in [0.5, 0.6) is 0 Å². The predicted molar refractivity (Wildman–Crippen MR) is 32.8 cm³/mol. The van der Waals surface area contributed by atoms with E-state index in [2.05, 4.69) is 4.74 Å². The molecule has 0 aliphatic heterocycles. The zero-order chi connectivity index (χ0) is 14.1. The van der Waals surface area contributed by atoms with Crippen LogP contribution in [0.25, 0.3) is 0 Å². The Kier molecular flexibility index (Phi) is 4.08. The number of hydrogen-bond acceptors (Lipinski definition) is 3. The number of hydrogen-bond donors (Lipinski definition) is 0. The number of ether oxygens (including phenoxy) is 1. The van der Waals surface area contributed by atoms with Gasteiger partial charge in [0.1, 0.15) is 6.42 Å².